The van der Waals surface area contributed by atoms with Crippen LogP contribution < -0.4 is 4.90 Å². The molecule has 12 rings (SSSR count). The summed E-state index contributed by atoms with van der Waals surface area (Å²) in [5.41, 5.74) is 17.1. The molecule has 1 heterocycles. The molecule has 11 aromatic rings. The summed E-state index contributed by atoms with van der Waals surface area (Å²) in [5, 5.41) is 7.56. The predicted octanol–water partition coefficient (Wildman–Crippen LogP) is 16.2. The Morgan fingerprint density at radius 1 is 0.361 bits per heavy atom. The van der Waals surface area contributed by atoms with Crippen molar-refractivity contribution in [2.24, 2.45) is 0 Å². The fourth-order valence-corrected chi connectivity index (χ4v) is 10.3. The average Bonchev–Trinajstić information content (AvgIpc) is 3.78. The molecule has 0 bridgehead atoms. The van der Waals surface area contributed by atoms with Crippen LogP contribution in [0.25, 0.3) is 82.4 Å². The lowest BCUT2D eigenvalue weighted by atomic mass is 9.82. The smallest absolute Gasteiger partial charge is 0.0541 e. The van der Waals surface area contributed by atoms with Gasteiger partial charge in [-0.25, -0.2) is 0 Å². The Labute approximate surface area is 356 Å². The number of aromatic nitrogens is 1. The highest BCUT2D eigenvalue weighted by Crippen LogP contribution is 2.52. The molecule has 0 spiro atoms. The van der Waals surface area contributed by atoms with Gasteiger partial charge in [0.25, 0.3) is 0 Å². The highest BCUT2D eigenvalue weighted by Gasteiger charge is 2.36. The molecular formula is C59H42N2. The Morgan fingerprint density at radius 3 is 1.75 bits per heavy atom. The summed E-state index contributed by atoms with van der Waals surface area (Å²) in [6, 6.07) is 80.4. The van der Waals surface area contributed by atoms with E-state index in [1.54, 1.807) is 0 Å². The summed E-state index contributed by atoms with van der Waals surface area (Å²) in [5.74, 6) is 0. The van der Waals surface area contributed by atoms with Crippen molar-refractivity contribution in [1.82, 2.24) is 4.57 Å². The summed E-state index contributed by atoms with van der Waals surface area (Å²) in [6.45, 7) is 4.70. The normalized spacial score (nSPS) is 12.9. The molecule has 0 unspecified atom stereocenters. The van der Waals surface area contributed by atoms with Gasteiger partial charge in [-0.3, -0.25) is 0 Å². The maximum Gasteiger partial charge on any atom is 0.0541 e. The molecule has 0 saturated carbocycles. The van der Waals surface area contributed by atoms with Crippen LogP contribution in [0.15, 0.2) is 218 Å². The van der Waals surface area contributed by atoms with E-state index in [-0.39, 0.29) is 5.41 Å². The first kappa shape index (κ1) is 35.3. The lowest BCUT2D eigenvalue weighted by molar-refractivity contribution is 0.660. The fraction of sp³-hybridized carbons (Fsp3) is 0.0508. The monoisotopic (exact) mass is 778 g/mol. The first-order chi connectivity index (χ1) is 30.0. The molecular weight excluding hydrogens is 737 g/mol. The van der Waals surface area contributed by atoms with E-state index >= 15 is 0 Å². The zero-order chi connectivity index (χ0) is 40.7. The number of para-hydroxylation sites is 2. The number of fused-ring (bicyclic) bond motifs is 9. The van der Waals surface area contributed by atoms with Crippen molar-refractivity contribution in [2.75, 3.05) is 4.90 Å². The number of benzene rings is 10. The molecule has 0 aliphatic heterocycles. The molecule has 1 aliphatic carbocycles. The second-order valence-corrected chi connectivity index (χ2v) is 16.9. The Hall–Kier alpha value is -7.68. The van der Waals surface area contributed by atoms with Crippen LogP contribution in [0.4, 0.5) is 17.1 Å². The molecule has 2 nitrogen and oxygen atoms in total. The van der Waals surface area contributed by atoms with E-state index < -0.39 is 0 Å². The lowest BCUT2D eigenvalue weighted by Gasteiger charge is -2.27. The molecule has 1 aromatic heterocycles. The van der Waals surface area contributed by atoms with Gasteiger partial charge >= 0.3 is 0 Å². The lowest BCUT2D eigenvalue weighted by Crippen LogP contribution is -2.14. The van der Waals surface area contributed by atoms with Gasteiger partial charge in [0.15, 0.2) is 0 Å². The number of nitrogens with zero attached hydrogens (tertiary/aromatic N) is 2. The minimum Gasteiger partial charge on any atom is -0.310 e. The van der Waals surface area contributed by atoms with Crippen molar-refractivity contribution in [3.63, 3.8) is 0 Å². The van der Waals surface area contributed by atoms with E-state index in [1.807, 2.05) is 0 Å². The third-order valence-electron chi connectivity index (χ3n) is 13.2. The third kappa shape index (κ3) is 5.49. The van der Waals surface area contributed by atoms with Gasteiger partial charge < -0.3 is 9.47 Å². The van der Waals surface area contributed by atoms with E-state index in [4.69, 9.17) is 0 Å². The van der Waals surface area contributed by atoms with Gasteiger partial charge in [0.1, 0.15) is 0 Å². The van der Waals surface area contributed by atoms with Crippen molar-refractivity contribution in [3.05, 3.63) is 230 Å². The van der Waals surface area contributed by atoms with Gasteiger partial charge in [-0.15, -0.1) is 0 Å². The van der Waals surface area contributed by atoms with Crippen LogP contribution in [0.1, 0.15) is 25.0 Å². The van der Waals surface area contributed by atoms with Gasteiger partial charge in [0, 0.05) is 38.9 Å². The summed E-state index contributed by atoms with van der Waals surface area (Å²) in [4.78, 5) is 2.42. The van der Waals surface area contributed by atoms with Crippen molar-refractivity contribution in [3.8, 4) is 39.1 Å². The predicted molar refractivity (Wildman–Crippen MR) is 259 cm³/mol. The van der Waals surface area contributed by atoms with Crippen molar-refractivity contribution in [2.45, 2.75) is 19.3 Å². The topological polar surface area (TPSA) is 8.17 Å². The second-order valence-electron chi connectivity index (χ2n) is 16.9. The summed E-state index contributed by atoms with van der Waals surface area (Å²) >= 11 is 0. The second kappa shape index (κ2) is 13.7. The van der Waals surface area contributed by atoms with Crippen LogP contribution in [0.2, 0.25) is 0 Å². The Kier molecular flexibility index (Phi) is 7.92. The largest absolute Gasteiger partial charge is 0.310 e. The maximum atomic E-state index is 2.42. The zero-order valence-corrected chi connectivity index (χ0v) is 34.2. The van der Waals surface area contributed by atoms with Crippen molar-refractivity contribution in [1.29, 1.82) is 0 Å². The number of hydrogen-bond donors (Lipinski definition) is 0. The molecule has 0 radical (unpaired) electrons. The molecule has 0 N–H and O–H groups in total. The minimum atomic E-state index is -0.0533. The van der Waals surface area contributed by atoms with E-state index in [0.29, 0.717) is 0 Å². The summed E-state index contributed by atoms with van der Waals surface area (Å²) in [7, 11) is 0. The van der Waals surface area contributed by atoms with E-state index in [1.165, 1.54) is 87.9 Å². The molecule has 0 saturated heterocycles. The van der Waals surface area contributed by atoms with Gasteiger partial charge in [-0.2, -0.15) is 0 Å². The van der Waals surface area contributed by atoms with Crippen LogP contribution in [0, 0.1) is 0 Å². The van der Waals surface area contributed by atoms with Gasteiger partial charge in [0.2, 0.25) is 0 Å². The van der Waals surface area contributed by atoms with Crippen LogP contribution in [-0.2, 0) is 5.41 Å². The van der Waals surface area contributed by atoms with E-state index in [0.717, 1.165) is 22.7 Å². The van der Waals surface area contributed by atoms with Gasteiger partial charge in [-0.1, -0.05) is 178 Å². The van der Waals surface area contributed by atoms with Crippen LogP contribution in [-0.4, -0.2) is 4.57 Å². The SMILES string of the molecule is CC1(C)c2ccccc2-c2c(-c3ccc(N(c4cccc(-c5cccc6c5ccc5ccccc56)c4)c4cccc(-n5c6ccccc6c6ccccc65)c4)cc3)cccc21. The molecule has 0 atom stereocenters. The fourth-order valence-electron chi connectivity index (χ4n) is 10.3. The average molecular weight is 779 g/mol. The molecule has 288 valence electrons. The third-order valence-corrected chi connectivity index (χ3v) is 13.2. The molecule has 0 fully saturated rings. The highest BCUT2D eigenvalue weighted by molar-refractivity contribution is 6.12. The van der Waals surface area contributed by atoms with Crippen molar-refractivity contribution >= 4 is 60.4 Å². The molecule has 61 heavy (non-hydrogen) atoms. The molecule has 1 aliphatic rings. The van der Waals surface area contributed by atoms with Gasteiger partial charge in [0.05, 0.1) is 11.0 Å². The van der Waals surface area contributed by atoms with Crippen LogP contribution >= 0.6 is 0 Å². The maximum absolute atomic E-state index is 2.42. The van der Waals surface area contributed by atoms with Crippen LogP contribution in [0.3, 0.4) is 0 Å². The molecule has 0 amide bonds. The first-order valence-electron chi connectivity index (χ1n) is 21.3. The summed E-state index contributed by atoms with van der Waals surface area (Å²) < 4.78 is 2.40. The van der Waals surface area contributed by atoms with E-state index in [2.05, 4.69) is 242 Å². The number of rotatable bonds is 6. The zero-order valence-electron chi connectivity index (χ0n) is 34.2. The number of anilines is 3. The highest BCUT2D eigenvalue weighted by atomic mass is 15.1. The van der Waals surface area contributed by atoms with Crippen molar-refractivity contribution < 1.29 is 0 Å². The van der Waals surface area contributed by atoms with Gasteiger partial charge in [-0.05, 0) is 121 Å². The van der Waals surface area contributed by atoms with Crippen LogP contribution in [0.5, 0.6) is 0 Å². The Bertz CT molecular complexity index is 3460. The Balaban J connectivity index is 1.03. The molecule has 10 aromatic carbocycles. The standard InChI is InChI=1S/C59H42N2/c1-59(2)54-27-8-5-23-53(54)58-48(25-14-28-55(58)59)40-31-34-42(35-32-40)60(44-18-12-19-45(38-44)61-56-29-9-6-21-51(56)52-22-7-10-30-57(52)61)43-17-11-16-41(37-43)47-24-13-26-49-46-20-4-3-15-39(46)33-36-50(47)49/h3-38H,1-2H3. The minimum absolute atomic E-state index is 0.0533. The summed E-state index contributed by atoms with van der Waals surface area (Å²) in [6.07, 6.45) is 0. The Morgan fingerprint density at radius 2 is 0.951 bits per heavy atom. The number of hydrogen-bond acceptors (Lipinski definition) is 1. The van der Waals surface area contributed by atoms with E-state index in [9.17, 15) is 0 Å². The molecule has 2 heteroatoms. The quantitative estimate of drug-likeness (QED) is 0.153. The first-order valence-corrected chi connectivity index (χ1v) is 21.3.